The van der Waals surface area contributed by atoms with Crippen molar-refractivity contribution in [1.29, 1.82) is 0 Å². The van der Waals surface area contributed by atoms with Gasteiger partial charge in [-0.15, -0.1) is 0 Å². The number of likely N-dealkylation sites (N-methyl/N-ethyl adjacent to an activating group) is 1. The molecule has 0 spiro atoms. The number of phosphoric ester groups is 1. The Bertz CT molecular complexity index is 663. The molecule has 0 saturated heterocycles. The number of ether oxygens (including phenoxy) is 2. The van der Waals surface area contributed by atoms with Crippen molar-refractivity contribution in [3.05, 3.63) is 12.2 Å². The maximum Gasteiger partial charge on any atom is 0.472 e. The van der Waals surface area contributed by atoms with Gasteiger partial charge in [0.15, 0.2) is 6.10 Å². The molecule has 0 fully saturated rings. The standard InChI is InChI=1S/C26H50NO8P/c1-6-8-9-10-11-12-13-14-15-16-17-18-19-26(29)35-24(22-32-25(28)7-2)23-34-36(30,31)33-21-20-27(3,4)5/h11-12,24H,6-10,13-23H2,1-5H3/p+1/b12-11-. The van der Waals surface area contributed by atoms with Gasteiger partial charge in [-0.25, -0.2) is 4.57 Å². The molecule has 0 heterocycles. The van der Waals surface area contributed by atoms with E-state index >= 15 is 0 Å². The number of unbranched alkanes of at least 4 members (excludes halogenated alkanes) is 8. The molecule has 2 unspecified atom stereocenters. The van der Waals surface area contributed by atoms with Crippen LogP contribution in [0, 0.1) is 0 Å². The number of esters is 2. The SMILES string of the molecule is CCCCC/C=C\CCCCCCCC(=O)OC(COC(=O)CC)COP(=O)(O)OCC[N+](C)(C)C. The van der Waals surface area contributed by atoms with Crippen molar-refractivity contribution >= 4 is 19.8 Å². The fraction of sp³-hybridized carbons (Fsp3) is 0.846. The topological polar surface area (TPSA) is 108 Å². The summed E-state index contributed by atoms with van der Waals surface area (Å²) < 4.78 is 33.1. The molecule has 0 aromatic rings. The van der Waals surface area contributed by atoms with E-state index < -0.39 is 32.5 Å². The predicted molar refractivity (Wildman–Crippen MR) is 141 cm³/mol. The molecule has 0 aliphatic heterocycles. The Labute approximate surface area is 218 Å². The highest BCUT2D eigenvalue weighted by Gasteiger charge is 2.26. The van der Waals surface area contributed by atoms with Gasteiger partial charge >= 0.3 is 19.8 Å². The van der Waals surface area contributed by atoms with Gasteiger partial charge in [-0.3, -0.25) is 18.6 Å². The molecule has 212 valence electrons. The van der Waals surface area contributed by atoms with Gasteiger partial charge in [-0.05, 0) is 32.1 Å². The van der Waals surface area contributed by atoms with Gasteiger partial charge in [0.1, 0.15) is 19.8 Å². The van der Waals surface area contributed by atoms with Crippen molar-refractivity contribution in [3.63, 3.8) is 0 Å². The van der Waals surface area contributed by atoms with Crippen LogP contribution in [-0.4, -0.2) is 74.9 Å². The third kappa shape index (κ3) is 23.2. The van der Waals surface area contributed by atoms with Crippen LogP contribution >= 0.6 is 7.82 Å². The maximum atomic E-state index is 12.3. The molecule has 0 rings (SSSR count). The van der Waals surface area contributed by atoms with Crippen LogP contribution < -0.4 is 0 Å². The quantitative estimate of drug-likeness (QED) is 0.0595. The minimum atomic E-state index is -4.33. The zero-order valence-corrected chi connectivity index (χ0v) is 24.1. The molecule has 0 aliphatic carbocycles. The van der Waals surface area contributed by atoms with Gasteiger partial charge in [0, 0.05) is 12.8 Å². The summed E-state index contributed by atoms with van der Waals surface area (Å²) in [4.78, 5) is 33.7. The number of phosphoric acid groups is 1. The molecule has 0 aromatic carbocycles. The van der Waals surface area contributed by atoms with Crippen LogP contribution in [-0.2, 0) is 32.7 Å². The Balaban J connectivity index is 4.27. The van der Waals surface area contributed by atoms with Gasteiger partial charge < -0.3 is 18.9 Å². The second kappa shape index (κ2) is 20.8. The summed E-state index contributed by atoms with van der Waals surface area (Å²) in [5.41, 5.74) is 0. The molecule has 0 amide bonds. The fourth-order valence-electron chi connectivity index (χ4n) is 3.10. The van der Waals surface area contributed by atoms with Crippen molar-refractivity contribution in [2.45, 2.75) is 97.0 Å². The minimum absolute atomic E-state index is 0.0296. The second-order valence-corrected chi connectivity index (χ2v) is 11.5. The van der Waals surface area contributed by atoms with Crippen LogP contribution in [0.3, 0.4) is 0 Å². The minimum Gasteiger partial charge on any atom is -0.462 e. The van der Waals surface area contributed by atoms with E-state index in [1.807, 2.05) is 21.1 Å². The summed E-state index contributed by atoms with van der Waals surface area (Å²) in [6, 6.07) is 0. The average Bonchev–Trinajstić information content (AvgIpc) is 2.80. The molecule has 2 atom stereocenters. The summed E-state index contributed by atoms with van der Waals surface area (Å²) in [5.74, 6) is -0.914. The second-order valence-electron chi connectivity index (χ2n) is 10.0. The Morgan fingerprint density at radius 2 is 1.47 bits per heavy atom. The largest absolute Gasteiger partial charge is 0.472 e. The van der Waals surface area contributed by atoms with Crippen molar-refractivity contribution in [2.75, 3.05) is 47.5 Å². The number of rotatable bonds is 23. The van der Waals surface area contributed by atoms with Crippen molar-refractivity contribution in [3.8, 4) is 0 Å². The number of nitrogens with zero attached hydrogens (tertiary/aromatic N) is 1. The summed E-state index contributed by atoms with van der Waals surface area (Å²) in [6.45, 7) is 3.74. The third-order valence-electron chi connectivity index (χ3n) is 5.35. The van der Waals surface area contributed by atoms with Gasteiger partial charge in [0.2, 0.25) is 0 Å². The van der Waals surface area contributed by atoms with Crippen LogP contribution in [0.15, 0.2) is 12.2 Å². The number of carbonyl (C=O) groups excluding carboxylic acids is 2. The first-order valence-electron chi connectivity index (χ1n) is 13.4. The normalized spacial score (nSPS) is 14.5. The average molecular weight is 537 g/mol. The molecule has 10 heteroatoms. The first-order valence-corrected chi connectivity index (χ1v) is 14.9. The summed E-state index contributed by atoms with van der Waals surface area (Å²) in [5, 5.41) is 0. The van der Waals surface area contributed by atoms with Gasteiger partial charge in [0.05, 0.1) is 27.7 Å². The summed E-state index contributed by atoms with van der Waals surface area (Å²) in [7, 11) is 1.46. The van der Waals surface area contributed by atoms with Crippen molar-refractivity contribution in [2.24, 2.45) is 0 Å². The smallest absolute Gasteiger partial charge is 0.462 e. The number of quaternary nitrogens is 1. The van der Waals surface area contributed by atoms with E-state index in [0.29, 0.717) is 17.4 Å². The van der Waals surface area contributed by atoms with E-state index in [1.54, 1.807) is 6.92 Å². The lowest BCUT2D eigenvalue weighted by Crippen LogP contribution is -2.37. The molecular weight excluding hydrogens is 485 g/mol. The van der Waals surface area contributed by atoms with Crippen LogP contribution in [0.5, 0.6) is 0 Å². The lowest BCUT2D eigenvalue weighted by molar-refractivity contribution is -0.870. The maximum absolute atomic E-state index is 12.3. The Morgan fingerprint density at radius 3 is 2.08 bits per heavy atom. The first kappa shape index (κ1) is 34.8. The van der Waals surface area contributed by atoms with E-state index in [-0.39, 0.29) is 26.1 Å². The number of hydrogen-bond donors (Lipinski definition) is 1. The van der Waals surface area contributed by atoms with E-state index in [2.05, 4.69) is 19.1 Å². The fourth-order valence-corrected chi connectivity index (χ4v) is 3.84. The molecule has 0 aliphatic rings. The van der Waals surface area contributed by atoms with Crippen LogP contribution in [0.4, 0.5) is 0 Å². The zero-order valence-electron chi connectivity index (χ0n) is 23.2. The van der Waals surface area contributed by atoms with E-state index in [1.165, 1.54) is 25.7 Å². The zero-order chi connectivity index (χ0) is 27.3. The third-order valence-corrected chi connectivity index (χ3v) is 6.33. The Kier molecular flexibility index (Phi) is 20.0. The van der Waals surface area contributed by atoms with E-state index in [9.17, 15) is 19.0 Å². The molecular formula is C26H51NO8P+. The van der Waals surface area contributed by atoms with E-state index in [4.69, 9.17) is 18.5 Å². The van der Waals surface area contributed by atoms with Crippen LogP contribution in [0.2, 0.25) is 0 Å². The Hall–Kier alpha value is -1.25. The lowest BCUT2D eigenvalue weighted by Gasteiger charge is -2.24. The summed E-state index contributed by atoms with van der Waals surface area (Å²) >= 11 is 0. The van der Waals surface area contributed by atoms with Gasteiger partial charge in [0.25, 0.3) is 0 Å². The highest BCUT2D eigenvalue weighted by molar-refractivity contribution is 7.47. The Morgan fingerprint density at radius 1 is 0.861 bits per heavy atom. The highest BCUT2D eigenvalue weighted by atomic mass is 31.2. The lowest BCUT2D eigenvalue weighted by atomic mass is 10.1. The highest BCUT2D eigenvalue weighted by Crippen LogP contribution is 2.43. The monoisotopic (exact) mass is 536 g/mol. The van der Waals surface area contributed by atoms with Crippen LogP contribution in [0.25, 0.3) is 0 Å². The molecule has 0 saturated carbocycles. The molecule has 1 N–H and O–H groups in total. The molecule has 0 bridgehead atoms. The van der Waals surface area contributed by atoms with Crippen LogP contribution in [0.1, 0.15) is 90.9 Å². The molecule has 9 nitrogen and oxygen atoms in total. The number of carbonyl (C=O) groups is 2. The van der Waals surface area contributed by atoms with E-state index in [0.717, 1.165) is 32.1 Å². The van der Waals surface area contributed by atoms with Gasteiger partial charge in [-0.1, -0.05) is 58.1 Å². The first-order chi connectivity index (χ1) is 17.0. The molecule has 0 radical (unpaired) electrons. The summed E-state index contributed by atoms with van der Waals surface area (Å²) in [6.07, 6.45) is 15.0. The molecule has 0 aromatic heterocycles. The molecule has 36 heavy (non-hydrogen) atoms. The number of allylic oxidation sites excluding steroid dienone is 2. The number of hydrogen-bond acceptors (Lipinski definition) is 7. The van der Waals surface area contributed by atoms with Gasteiger partial charge in [-0.2, -0.15) is 0 Å². The van der Waals surface area contributed by atoms with Crippen molar-refractivity contribution < 1.29 is 42.1 Å². The van der Waals surface area contributed by atoms with Crippen molar-refractivity contribution in [1.82, 2.24) is 0 Å². The predicted octanol–water partition coefficient (Wildman–Crippen LogP) is 5.56.